The number of hydrogen-bond acceptors (Lipinski definition) is 5. The van der Waals surface area contributed by atoms with E-state index in [1.54, 1.807) is 11.3 Å². The molecule has 74 valence electrons. The highest BCUT2D eigenvalue weighted by molar-refractivity contribution is 9.11. The Hall–Kier alpha value is -0.460. The number of nitrogens with one attached hydrogen (secondary N) is 1. The second kappa shape index (κ2) is 4.37. The third-order valence-electron chi connectivity index (χ3n) is 1.79. The lowest BCUT2D eigenvalue weighted by atomic mass is 10.2. The molecule has 0 aliphatic carbocycles. The van der Waals surface area contributed by atoms with Crippen LogP contribution in [0.4, 0.5) is 5.13 Å². The molecule has 2 aromatic rings. The van der Waals surface area contributed by atoms with Crippen molar-refractivity contribution in [2.24, 2.45) is 0 Å². The normalized spacial score (nSPS) is 10.4. The molecule has 0 radical (unpaired) electrons. The standard InChI is InChI=1S/C8H8BrN3S2/c1-5-3-13-4-6(5)2-10-8-12-11-7(9)14-8/h3-4H,2H2,1H3,(H,10,12). The Morgan fingerprint density at radius 3 is 2.86 bits per heavy atom. The van der Waals surface area contributed by atoms with Crippen LogP contribution in [0.3, 0.4) is 0 Å². The van der Waals surface area contributed by atoms with Gasteiger partial charge in [0, 0.05) is 6.54 Å². The summed E-state index contributed by atoms with van der Waals surface area (Å²) < 4.78 is 0.807. The summed E-state index contributed by atoms with van der Waals surface area (Å²) >= 11 is 6.50. The van der Waals surface area contributed by atoms with Gasteiger partial charge in [0.15, 0.2) is 3.92 Å². The van der Waals surface area contributed by atoms with Crippen LogP contribution >= 0.6 is 38.6 Å². The molecule has 14 heavy (non-hydrogen) atoms. The Morgan fingerprint density at radius 2 is 2.29 bits per heavy atom. The first-order valence-corrected chi connectivity index (χ1v) is 6.55. The maximum absolute atomic E-state index is 3.96. The maximum atomic E-state index is 3.96. The van der Waals surface area contributed by atoms with Gasteiger partial charge in [0.25, 0.3) is 0 Å². The molecule has 0 amide bonds. The van der Waals surface area contributed by atoms with Crippen molar-refractivity contribution < 1.29 is 0 Å². The lowest BCUT2D eigenvalue weighted by molar-refractivity contribution is 1.04. The number of thiophene rings is 1. The monoisotopic (exact) mass is 289 g/mol. The van der Waals surface area contributed by atoms with Crippen LogP contribution in [0.2, 0.25) is 0 Å². The summed E-state index contributed by atoms with van der Waals surface area (Å²) in [5, 5.41) is 16.2. The molecule has 3 nitrogen and oxygen atoms in total. The predicted octanol–water partition coefficient (Wildman–Crippen LogP) is 3.28. The maximum Gasteiger partial charge on any atom is 0.206 e. The smallest absolute Gasteiger partial charge is 0.206 e. The number of anilines is 1. The SMILES string of the molecule is Cc1cscc1CNc1nnc(Br)s1. The van der Waals surface area contributed by atoms with Gasteiger partial charge in [-0.1, -0.05) is 11.3 Å². The molecule has 0 bridgehead atoms. The van der Waals surface area contributed by atoms with Crippen molar-refractivity contribution in [3.8, 4) is 0 Å². The quantitative estimate of drug-likeness (QED) is 0.942. The molecule has 2 aromatic heterocycles. The zero-order valence-corrected chi connectivity index (χ0v) is 10.7. The molecule has 0 fully saturated rings. The van der Waals surface area contributed by atoms with Gasteiger partial charge in [0.2, 0.25) is 5.13 Å². The second-order valence-electron chi connectivity index (χ2n) is 2.79. The molecule has 6 heteroatoms. The van der Waals surface area contributed by atoms with E-state index < -0.39 is 0 Å². The molecular formula is C8H8BrN3S2. The lowest BCUT2D eigenvalue weighted by Crippen LogP contribution is -1.98. The van der Waals surface area contributed by atoms with Crippen LogP contribution in [-0.4, -0.2) is 10.2 Å². The minimum atomic E-state index is 0.807. The highest BCUT2D eigenvalue weighted by atomic mass is 79.9. The van der Waals surface area contributed by atoms with Crippen molar-refractivity contribution in [3.05, 3.63) is 25.8 Å². The summed E-state index contributed by atoms with van der Waals surface area (Å²) in [6.45, 7) is 2.93. The molecule has 0 saturated carbocycles. The second-order valence-corrected chi connectivity index (χ2v) is 5.79. The van der Waals surface area contributed by atoms with Crippen LogP contribution in [0.5, 0.6) is 0 Å². The van der Waals surface area contributed by atoms with E-state index in [0.29, 0.717) is 0 Å². The molecular weight excluding hydrogens is 282 g/mol. The Kier molecular flexibility index (Phi) is 3.15. The molecule has 0 atom stereocenters. The highest BCUT2D eigenvalue weighted by Gasteiger charge is 2.02. The number of nitrogens with zero attached hydrogens (tertiary/aromatic N) is 2. The molecule has 0 saturated heterocycles. The van der Waals surface area contributed by atoms with Gasteiger partial charge in [0.1, 0.15) is 0 Å². The van der Waals surface area contributed by atoms with Crippen molar-refractivity contribution in [1.29, 1.82) is 0 Å². The molecule has 1 N–H and O–H groups in total. The molecule has 0 aliphatic heterocycles. The predicted molar refractivity (Wildman–Crippen MR) is 64.0 cm³/mol. The van der Waals surface area contributed by atoms with Crippen molar-refractivity contribution >= 4 is 43.7 Å². The fourth-order valence-corrected chi connectivity index (χ4v) is 2.88. The van der Waals surface area contributed by atoms with Crippen molar-refractivity contribution in [3.63, 3.8) is 0 Å². The van der Waals surface area contributed by atoms with Gasteiger partial charge in [-0.15, -0.1) is 10.2 Å². The van der Waals surface area contributed by atoms with Crippen LogP contribution in [-0.2, 0) is 6.54 Å². The molecule has 0 aliphatic rings. The number of hydrogen-bond donors (Lipinski definition) is 1. The van der Waals surface area contributed by atoms with E-state index in [9.17, 15) is 0 Å². The lowest BCUT2D eigenvalue weighted by Gasteiger charge is -2.00. The van der Waals surface area contributed by atoms with E-state index >= 15 is 0 Å². The first kappa shape index (κ1) is 10.1. The molecule has 0 spiro atoms. The summed E-state index contributed by atoms with van der Waals surface area (Å²) in [6.07, 6.45) is 0. The van der Waals surface area contributed by atoms with E-state index in [-0.39, 0.29) is 0 Å². The van der Waals surface area contributed by atoms with E-state index in [2.05, 4.69) is 49.1 Å². The van der Waals surface area contributed by atoms with Gasteiger partial charge in [-0.25, -0.2) is 0 Å². The van der Waals surface area contributed by atoms with Gasteiger partial charge < -0.3 is 5.32 Å². The minimum Gasteiger partial charge on any atom is -0.356 e. The Balaban J connectivity index is 1.98. The van der Waals surface area contributed by atoms with Crippen LogP contribution < -0.4 is 5.32 Å². The van der Waals surface area contributed by atoms with Gasteiger partial charge >= 0.3 is 0 Å². The first-order valence-electron chi connectivity index (χ1n) is 4.00. The average Bonchev–Trinajstić information content (AvgIpc) is 2.72. The van der Waals surface area contributed by atoms with Crippen molar-refractivity contribution in [1.82, 2.24) is 10.2 Å². The summed E-state index contributed by atoms with van der Waals surface area (Å²) in [4.78, 5) is 0. The van der Waals surface area contributed by atoms with E-state index in [1.165, 1.54) is 22.5 Å². The van der Waals surface area contributed by atoms with Gasteiger partial charge in [-0.3, -0.25) is 0 Å². The Labute approximate surface area is 98.3 Å². The van der Waals surface area contributed by atoms with Crippen LogP contribution in [0.15, 0.2) is 14.7 Å². The molecule has 2 heterocycles. The fourth-order valence-electron chi connectivity index (χ4n) is 1.02. The van der Waals surface area contributed by atoms with Gasteiger partial charge in [-0.05, 0) is 44.7 Å². The van der Waals surface area contributed by atoms with Crippen LogP contribution in [0, 0.1) is 6.92 Å². The zero-order valence-electron chi connectivity index (χ0n) is 7.45. The summed E-state index contributed by atoms with van der Waals surface area (Å²) in [5.41, 5.74) is 2.65. The van der Waals surface area contributed by atoms with E-state index in [0.717, 1.165) is 15.6 Å². The summed E-state index contributed by atoms with van der Waals surface area (Å²) in [5.74, 6) is 0. The third kappa shape index (κ3) is 2.31. The number of aromatic nitrogens is 2. The zero-order chi connectivity index (χ0) is 9.97. The first-order chi connectivity index (χ1) is 6.75. The van der Waals surface area contributed by atoms with E-state index in [4.69, 9.17) is 0 Å². The summed E-state index contributed by atoms with van der Waals surface area (Å²) in [6, 6.07) is 0. The van der Waals surface area contributed by atoms with Crippen molar-refractivity contribution in [2.45, 2.75) is 13.5 Å². The third-order valence-corrected chi connectivity index (χ3v) is 4.02. The Bertz CT molecular complexity index is 424. The number of rotatable bonds is 3. The van der Waals surface area contributed by atoms with Crippen molar-refractivity contribution in [2.75, 3.05) is 5.32 Å². The van der Waals surface area contributed by atoms with E-state index in [1.807, 2.05) is 0 Å². The largest absolute Gasteiger partial charge is 0.356 e. The van der Waals surface area contributed by atoms with Crippen LogP contribution in [0.25, 0.3) is 0 Å². The Morgan fingerprint density at radius 1 is 1.43 bits per heavy atom. The fraction of sp³-hybridized carbons (Fsp3) is 0.250. The summed E-state index contributed by atoms with van der Waals surface area (Å²) in [7, 11) is 0. The number of halogens is 1. The molecule has 0 aromatic carbocycles. The average molecular weight is 290 g/mol. The number of aryl methyl sites for hydroxylation is 1. The topological polar surface area (TPSA) is 37.8 Å². The highest BCUT2D eigenvalue weighted by Crippen LogP contribution is 2.21. The minimum absolute atomic E-state index is 0.807. The molecule has 2 rings (SSSR count). The van der Waals surface area contributed by atoms with Gasteiger partial charge in [-0.2, -0.15) is 11.3 Å². The van der Waals surface area contributed by atoms with Crippen LogP contribution in [0.1, 0.15) is 11.1 Å². The van der Waals surface area contributed by atoms with Gasteiger partial charge in [0.05, 0.1) is 0 Å². The molecule has 0 unspecified atom stereocenters.